The first kappa shape index (κ1) is 64.7. The molecule has 402 valence electrons. The fraction of sp³-hybridized carbons (Fsp3) is 0.915. The maximum atomic E-state index is 12.9. The van der Waals surface area contributed by atoms with Gasteiger partial charge in [-0.3, -0.25) is 4.79 Å². The monoisotopic (exact) mass is 965 g/mol. The van der Waals surface area contributed by atoms with Gasteiger partial charge in [-0.15, -0.1) is 0 Å². The summed E-state index contributed by atoms with van der Waals surface area (Å²) in [6.07, 6.45) is 55.1. The van der Waals surface area contributed by atoms with Crippen molar-refractivity contribution in [1.82, 2.24) is 0 Å². The quantitative estimate of drug-likeness (QED) is 0.0267. The van der Waals surface area contributed by atoms with Crippen LogP contribution in [0.2, 0.25) is 0 Å². The number of allylic oxidation sites excluding steroid dienone is 4. The normalized spacial score (nSPS) is 19.2. The van der Waals surface area contributed by atoms with Crippen LogP contribution in [0.5, 0.6) is 0 Å². The molecule has 1 heterocycles. The first-order valence-electron chi connectivity index (χ1n) is 29.4. The number of aliphatic hydroxyl groups is 4. The van der Waals surface area contributed by atoms with Gasteiger partial charge < -0.3 is 39.4 Å². The minimum absolute atomic E-state index is 0.109. The number of carbonyl (C=O) groups is 1. The molecule has 1 aliphatic rings. The number of esters is 1. The summed E-state index contributed by atoms with van der Waals surface area (Å²) in [7, 11) is 0. The predicted octanol–water partition coefficient (Wildman–Crippen LogP) is 15.3. The van der Waals surface area contributed by atoms with E-state index >= 15 is 0 Å². The second-order valence-electron chi connectivity index (χ2n) is 20.5. The van der Waals surface area contributed by atoms with Crippen LogP contribution in [0, 0.1) is 0 Å². The van der Waals surface area contributed by atoms with Crippen LogP contribution in [-0.2, 0) is 23.7 Å². The summed E-state index contributed by atoms with van der Waals surface area (Å²) in [5, 5.41) is 40.4. The molecule has 6 atom stereocenters. The molecular formula is C59H112O9. The summed E-state index contributed by atoms with van der Waals surface area (Å²) in [6, 6.07) is 0. The number of carbonyl (C=O) groups excluding carboxylic acids is 1. The fourth-order valence-electron chi connectivity index (χ4n) is 9.29. The number of aliphatic hydroxyl groups excluding tert-OH is 4. The van der Waals surface area contributed by atoms with Crippen molar-refractivity contribution >= 4 is 5.97 Å². The van der Waals surface area contributed by atoms with E-state index in [1.165, 1.54) is 225 Å². The minimum Gasteiger partial charge on any atom is -0.457 e. The van der Waals surface area contributed by atoms with E-state index in [0.717, 1.165) is 38.5 Å². The lowest BCUT2D eigenvalue weighted by molar-refractivity contribution is -0.305. The van der Waals surface area contributed by atoms with Gasteiger partial charge in [0.25, 0.3) is 0 Å². The highest BCUT2D eigenvalue weighted by Crippen LogP contribution is 2.23. The first-order valence-corrected chi connectivity index (χ1v) is 29.4. The zero-order valence-electron chi connectivity index (χ0n) is 44.6. The molecule has 1 fully saturated rings. The third-order valence-corrected chi connectivity index (χ3v) is 13.9. The van der Waals surface area contributed by atoms with Gasteiger partial charge in [-0.1, -0.05) is 256 Å². The van der Waals surface area contributed by atoms with Crippen LogP contribution in [-0.4, -0.2) is 89.6 Å². The highest BCUT2D eigenvalue weighted by Gasteiger charge is 2.44. The van der Waals surface area contributed by atoms with Crippen molar-refractivity contribution < 1.29 is 44.2 Å². The van der Waals surface area contributed by atoms with Crippen molar-refractivity contribution in [1.29, 1.82) is 0 Å². The molecule has 0 aliphatic carbocycles. The van der Waals surface area contributed by atoms with E-state index in [9.17, 15) is 25.2 Å². The smallest absolute Gasteiger partial charge is 0.306 e. The largest absolute Gasteiger partial charge is 0.457 e. The molecule has 68 heavy (non-hydrogen) atoms. The van der Waals surface area contributed by atoms with Gasteiger partial charge in [0.15, 0.2) is 6.29 Å². The van der Waals surface area contributed by atoms with Gasteiger partial charge in [0.1, 0.15) is 30.5 Å². The summed E-state index contributed by atoms with van der Waals surface area (Å²) in [5.74, 6) is -0.309. The molecule has 1 aliphatic heterocycles. The van der Waals surface area contributed by atoms with Crippen LogP contribution in [0.4, 0.5) is 0 Å². The summed E-state index contributed by atoms with van der Waals surface area (Å²) in [4.78, 5) is 12.9. The van der Waals surface area contributed by atoms with E-state index < -0.39 is 43.4 Å². The molecular weight excluding hydrogens is 853 g/mol. The predicted molar refractivity (Wildman–Crippen MR) is 284 cm³/mol. The Morgan fingerprint density at radius 1 is 0.471 bits per heavy atom. The summed E-state index contributed by atoms with van der Waals surface area (Å²) < 4.78 is 23.0. The molecule has 6 unspecified atom stereocenters. The SMILES string of the molecule is CCCCCCC/C=C\C/C=C\CCCCCCCCCCCCCC(=O)OC(COCCCCCCCCCCCCCCCCCCCCCCCC)COC1OC(CO)C(O)C(O)C1O. The van der Waals surface area contributed by atoms with Gasteiger partial charge in [-0.05, 0) is 44.9 Å². The van der Waals surface area contributed by atoms with Crippen molar-refractivity contribution in [3.8, 4) is 0 Å². The number of hydrogen-bond donors (Lipinski definition) is 4. The molecule has 0 bridgehead atoms. The van der Waals surface area contributed by atoms with Gasteiger partial charge in [0, 0.05) is 13.0 Å². The molecule has 0 radical (unpaired) electrons. The average molecular weight is 966 g/mol. The molecule has 9 nitrogen and oxygen atoms in total. The lowest BCUT2D eigenvalue weighted by Crippen LogP contribution is -2.59. The number of hydrogen-bond acceptors (Lipinski definition) is 9. The Morgan fingerprint density at radius 3 is 1.26 bits per heavy atom. The Morgan fingerprint density at radius 2 is 0.853 bits per heavy atom. The van der Waals surface area contributed by atoms with Crippen molar-refractivity contribution in [2.75, 3.05) is 26.4 Å². The first-order chi connectivity index (χ1) is 33.4. The molecule has 0 saturated carbocycles. The van der Waals surface area contributed by atoms with Crippen LogP contribution >= 0.6 is 0 Å². The van der Waals surface area contributed by atoms with E-state index in [4.69, 9.17) is 18.9 Å². The molecule has 0 amide bonds. The molecule has 4 N–H and O–H groups in total. The van der Waals surface area contributed by atoms with E-state index in [1.54, 1.807) is 0 Å². The fourth-order valence-corrected chi connectivity index (χ4v) is 9.29. The Kier molecular flexibility index (Phi) is 48.1. The van der Waals surface area contributed by atoms with Crippen molar-refractivity contribution in [2.24, 2.45) is 0 Å². The van der Waals surface area contributed by atoms with E-state index in [2.05, 4.69) is 38.2 Å². The van der Waals surface area contributed by atoms with Gasteiger partial charge in [-0.2, -0.15) is 0 Å². The lowest BCUT2D eigenvalue weighted by Gasteiger charge is -2.39. The van der Waals surface area contributed by atoms with Crippen molar-refractivity contribution in [3.05, 3.63) is 24.3 Å². The maximum Gasteiger partial charge on any atom is 0.306 e. The summed E-state index contributed by atoms with van der Waals surface area (Å²) in [5.41, 5.74) is 0. The van der Waals surface area contributed by atoms with Crippen LogP contribution < -0.4 is 0 Å². The third-order valence-electron chi connectivity index (χ3n) is 13.9. The van der Waals surface area contributed by atoms with Crippen LogP contribution in [0.1, 0.15) is 284 Å². The second kappa shape index (κ2) is 50.6. The molecule has 9 heteroatoms. The third kappa shape index (κ3) is 40.3. The van der Waals surface area contributed by atoms with Gasteiger partial charge >= 0.3 is 5.97 Å². The van der Waals surface area contributed by atoms with E-state index in [1.807, 2.05) is 0 Å². The van der Waals surface area contributed by atoms with Gasteiger partial charge in [0.05, 0.1) is 19.8 Å². The van der Waals surface area contributed by atoms with Crippen molar-refractivity contribution in [2.45, 2.75) is 320 Å². The highest BCUT2D eigenvalue weighted by atomic mass is 16.7. The molecule has 0 aromatic rings. The summed E-state index contributed by atoms with van der Waals surface area (Å²) >= 11 is 0. The standard InChI is InChI=1S/C59H112O9/c1-3-5-7-9-11-13-15-17-19-21-23-25-27-28-30-32-34-36-38-40-42-44-46-48-55(61)67-53(52-66-59-58(64)57(63)56(62)54(50-60)68-59)51-65-49-47-45-43-41-39-37-35-33-31-29-26-24-22-20-18-16-14-12-10-8-6-4-2/h15,17,21,23,53-54,56-60,62-64H,3-14,16,18-20,22,24-52H2,1-2H3/b17-15-,23-21-. The molecule has 0 aromatic carbocycles. The highest BCUT2D eigenvalue weighted by molar-refractivity contribution is 5.69. The number of rotatable bonds is 52. The Labute approximate surface area is 419 Å². The van der Waals surface area contributed by atoms with Crippen molar-refractivity contribution in [3.63, 3.8) is 0 Å². The summed E-state index contributed by atoms with van der Waals surface area (Å²) in [6.45, 7) is 4.61. The molecule has 1 rings (SSSR count). The number of ether oxygens (including phenoxy) is 4. The molecule has 0 aromatic heterocycles. The Bertz CT molecular complexity index is 1100. The zero-order valence-corrected chi connectivity index (χ0v) is 44.6. The Balaban J connectivity index is 2.14. The maximum absolute atomic E-state index is 12.9. The van der Waals surface area contributed by atoms with Gasteiger partial charge in [0.2, 0.25) is 0 Å². The number of unbranched alkanes of at least 4 members (excludes halogenated alkanes) is 37. The van der Waals surface area contributed by atoms with Crippen LogP contribution in [0.15, 0.2) is 24.3 Å². The minimum atomic E-state index is -1.54. The molecule has 0 spiro atoms. The van der Waals surface area contributed by atoms with Crippen LogP contribution in [0.25, 0.3) is 0 Å². The van der Waals surface area contributed by atoms with E-state index in [0.29, 0.717) is 13.0 Å². The van der Waals surface area contributed by atoms with Crippen LogP contribution in [0.3, 0.4) is 0 Å². The average Bonchev–Trinajstić information content (AvgIpc) is 3.34. The van der Waals surface area contributed by atoms with Gasteiger partial charge in [-0.25, -0.2) is 0 Å². The second-order valence-corrected chi connectivity index (χ2v) is 20.5. The lowest BCUT2D eigenvalue weighted by atomic mass is 9.99. The zero-order chi connectivity index (χ0) is 49.2. The Hall–Kier alpha value is -1.33. The molecule has 1 saturated heterocycles. The van der Waals surface area contributed by atoms with E-state index in [-0.39, 0.29) is 19.2 Å². The topological polar surface area (TPSA) is 135 Å².